The Balaban J connectivity index is 1.76. The highest BCUT2D eigenvalue weighted by Gasteiger charge is 2.26. The first-order chi connectivity index (χ1) is 15.7. The van der Waals surface area contributed by atoms with Crippen LogP contribution in [0, 0.1) is 6.92 Å². The third kappa shape index (κ3) is 6.59. The molecule has 0 fully saturated rings. The van der Waals surface area contributed by atoms with E-state index in [1.165, 1.54) is 23.5 Å². The third-order valence-corrected chi connectivity index (χ3v) is 8.70. The summed E-state index contributed by atoms with van der Waals surface area (Å²) in [6, 6.07) is 15.8. The number of nitrogens with zero attached hydrogens (tertiary/aromatic N) is 1. The highest BCUT2D eigenvalue weighted by Crippen LogP contribution is 2.30. The zero-order valence-corrected chi connectivity index (χ0v) is 21.4. The maximum absolute atomic E-state index is 13.0. The molecule has 1 N–H and O–H groups in total. The van der Waals surface area contributed by atoms with Crippen molar-refractivity contribution in [1.82, 2.24) is 0 Å². The molecule has 3 rings (SSSR count). The second kappa shape index (κ2) is 11.2. The SMILES string of the molecule is CCN(CC)c1ccc(NC(=O)CC(CS(=O)(=O)c2ccc(Cl)cc2)c2cccs2)c(C)c1. The first-order valence-corrected chi connectivity index (χ1v) is 13.8. The minimum Gasteiger partial charge on any atom is -0.372 e. The van der Waals surface area contributed by atoms with Crippen molar-refractivity contribution in [2.75, 3.05) is 29.1 Å². The van der Waals surface area contributed by atoms with Crippen LogP contribution >= 0.6 is 22.9 Å². The lowest BCUT2D eigenvalue weighted by Gasteiger charge is -2.22. The zero-order valence-electron chi connectivity index (χ0n) is 19.0. The van der Waals surface area contributed by atoms with E-state index in [0.717, 1.165) is 34.9 Å². The van der Waals surface area contributed by atoms with Gasteiger partial charge in [0, 0.05) is 46.7 Å². The summed E-state index contributed by atoms with van der Waals surface area (Å²) in [5.41, 5.74) is 2.82. The van der Waals surface area contributed by atoms with Crippen LogP contribution in [-0.4, -0.2) is 33.2 Å². The van der Waals surface area contributed by atoms with E-state index in [0.29, 0.717) is 5.02 Å². The van der Waals surface area contributed by atoms with Crippen molar-refractivity contribution in [3.8, 4) is 0 Å². The predicted molar refractivity (Wildman–Crippen MR) is 139 cm³/mol. The number of halogens is 1. The fourth-order valence-electron chi connectivity index (χ4n) is 3.77. The van der Waals surface area contributed by atoms with E-state index in [2.05, 4.69) is 30.1 Å². The number of carbonyl (C=O) groups excluding carboxylic acids is 1. The van der Waals surface area contributed by atoms with Crippen molar-refractivity contribution in [3.05, 3.63) is 75.4 Å². The number of benzene rings is 2. The van der Waals surface area contributed by atoms with Gasteiger partial charge in [-0.15, -0.1) is 11.3 Å². The Morgan fingerprint density at radius 1 is 1.09 bits per heavy atom. The van der Waals surface area contributed by atoms with Gasteiger partial charge in [-0.2, -0.15) is 0 Å². The number of carbonyl (C=O) groups is 1. The Morgan fingerprint density at radius 3 is 2.36 bits per heavy atom. The average Bonchev–Trinajstić information content (AvgIpc) is 3.31. The molecule has 33 heavy (non-hydrogen) atoms. The molecule has 5 nitrogen and oxygen atoms in total. The summed E-state index contributed by atoms with van der Waals surface area (Å²) in [6.07, 6.45) is 0.0740. The van der Waals surface area contributed by atoms with Gasteiger partial charge in [-0.05, 0) is 80.2 Å². The summed E-state index contributed by atoms with van der Waals surface area (Å²) in [5, 5.41) is 5.34. The monoisotopic (exact) mass is 504 g/mol. The molecule has 0 saturated heterocycles. The first kappa shape index (κ1) is 25.3. The first-order valence-electron chi connectivity index (χ1n) is 10.9. The molecule has 0 radical (unpaired) electrons. The molecule has 1 aromatic heterocycles. The molecule has 0 bridgehead atoms. The topological polar surface area (TPSA) is 66.5 Å². The number of hydrogen-bond acceptors (Lipinski definition) is 5. The molecule has 0 aliphatic carbocycles. The van der Waals surface area contributed by atoms with Gasteiger partial charge >= 0.3 is 0 Å². The van der Waals surface area contributed by atoms with Crippen molar-refractivity contribution in [3.63, 3.8) is 0 Å². The number of hydrogen-bond donors (Lipinski definition) is 1. The molecular formula is C25H29ClN2O3S2. The van der Waals surface area contributed by atoms with Gasteiger partial charge in [0.05, 0.1) is 10.6 Å². The molecule has 1 unspecified atom stereocenters. The van der Waals surface area contributed by atoms with E-state index in [1.807, 2.05) is 36.6 Å². The zero-order chi connectivity index (χ0) is 24.0. The van der Waals surface area contributed by atoms with Crippen molar-refractivity contribution < 1.29 is 13.2 Å². The molecule has 0 aliphatic rings. The van der Waals surface area contributed by atoms with Crippen molar-refractivity contribution >= 4 is 50.1 Å². The number of rotatable bonds is 10. The summed E-state index contributed by atoms with van der Waals surface area (Å²) in [6.45, 7) is 8.00. The molecule has 0 saturated carbocycles. The normalized spacial score (nSPS) is 12.4. The molecular weight excluding hydrogens is 476 g/mol. The predicted octanol–water partition coefficient (Wildman–Crippen LogP) is 6.14. The number of thiophene rings is 1. The number of nitrogens with one attached hydrogen (secondary N) is 1. The third-order valence-electron chi connectivity index (χ3n) is 5.58. The van der Waals surface area contributed by atoms with E-state index in [4.69, 9.17) is 11.6 Å². The van der Waals surface area contributed by atoms with Gasteiger partial charge in [-0.3, -0.25) is 4.79 Å². The Morgan fingerprint density at radius 2 is 1.79 bits per heavy atom. The van der Waals surface area contributed by atoms with Crippen molar-refractivity contribution in [1.29, 1.82) is 0 Å². The van der Waals surface area contributed by atoms with Gasteiger partial charge in [0.15, 0.2) is 9.84 Å². The number of anilines is 2. The minimum absolute atomic E-state index is 0.0740. The summed E-state index contributed by atoms with van der Waals surface area (Å²) in [5.74, 6) is -0.804. The highest BCUT2D eigenvalue weighted by atomic mass is 35.5. The lowest BCUT2D eigenvalue weighted by atomic mass is 10.1. The maximum Gasteiger partial charge on any atom is 0.225 e. The van der Waals surface area contributed by atoms with Crippen LogP contribution in [-0.2, 0) is 14.6 Å². The van der Waals surface area contributed by atoms with Gasteiger partial charge in [0.25, 0.3) is 0 Å². The van der Waals surface area contributed by atoms with Crippen LogP contribution in [0.15, 0.2) is 64.9 Å². The lowest BCUT2D eigenvalue weighted by molar-refractivity contribution is -0.116. The van der Waals surface area contributed by atoms with Crippen LogP contribution in [0.2, 0.25) is 5.02 Å². The van der Waals surface area contributed by atoms with E-state index < -0.39 is 15.8 Å². The van der Waals surface area contributed by atoms with Gasteiger partial charge in [-0.1, -0.05) is 17.7 Å². The lowest BCUT2D eigenvalue weighted by Crippen LogP contribution is -2.23. The molecule has 1 atom stereocenters. The molecule has 1 amide bonds. The fourth-order valence-corrected chi connectivity index (χ4v) is 6.40. The molecule has 3 aromatic rings. The van der Waals surface area contributed by atoms with Crippen LogP contribution in [0.3, 0.4) is 0 Å². The van der Waals surface area contributed by atoms with Crippen molar-refractivity contribution in [2.24, 2.45) is 0 Å². The van der Waals surface area contributed by atoms with E-state index in [-0.39, 0.29) is 23.0 Å². The molecule has 8 heteroatoms. The standard InChI is InChI=1S/C25H29ClN2O3S2/c1-4-28(5-2)21-10-13-23(18(3)15-21)27-25(29)16-19(24-7-6-14-32-24)17-33(30,31)22-11-8-20(26)9-12-22/h6-15,19H,4-5,16-17H2,1-3H3,(H,27,29). The summed E-state index contributed by atoms with van der Waals surface area (Å²) >= 11 is 7.36. The fraction of sp³-hybridized carbons (Fsp3) is 0.320. The molecule has 176 valence electrons. The molecule has 0 spiro atoms. The smallest absolute Gasteiger partial charge is 0.225 e. The summed E-state index contributed by atoms with van der Waals surface area (Å²) in [7, 11) is -3.59. The number of sulfone groups is 1. The Labute approximate surface area is 205 Å². The van der Waals surface area contributed by atoms with Gasteiger partial charge in [0.2, 0.25) is 5.91 Å². The van der Waals surface area contributed by atoms with Crippen molar-refractivity contribution in [2.45, 2.75) is 38.0 Å². The van der Waals surface area contributed by atoms with Gasteiger partial charge in [-0.25, -0.2) is 8.42 Å². The summed E-state index contributed by atoms with van der Waals surface area (Å²) < 4.78 is 26.1. The molecule has 2 aromatic carbocycles. The quantitative estimate of drug-likeness (QED) is 0.360. The second-order valence-electron chi connectivity index (χ2n) is 7.87. The van der Waals surface area contributed by atoms with Crippen LogP contribution < -0.4 is 10.2 Å². The Hall–Kier alpha value is -2.35. The van der Waals surface area contributed by atoms with Gasteiger partial charge < -0.3 is 10.2 Å². The van der Waals surface area contributed by atoms with Gasteiger partial charge in [0.1, 0.15) is 0 Å². The number of aryl methyl sites for hydroxylation is 1. The summed E-state index contributed by atoms with van der Waals surface area (Å²) in [4.78, 5) is 16.3. The molecule has 0 aliphatic heterocycles. The van der Waals surface area contributed by atoms with E-state index in [1.54, 1.807) is 12.1 Å². The maximum atomic E-state index is 13.0. The van der Waals surface area contributed by atoms with Crippen LogP contribution in [0.1, 0.15) is 36.6 Å². The average molecular weight is 505 g/mol. The molecule has 1 heterocycles. The minimum atomic E-state index is -3.59. The van der Waals surface area contributed by atoms with Crippen LogP contribution in [0.4, 0.5) is 11.4 Å². The van der Waals surface area contributed by atoms with Crippen LogP contribution in [0.5, 0.6) is 0 Å². The van der Waals surface area contributed by atoms with E-state index >= 15 is 0 Å². The highest BCUT2D eigenvalue weighted by molar-refractivity contribution is 7.91. The Kier molecular flexibility index (Phi) is 8.57. The number of amides is 1. The largest absolute Gasteiger partial charge is 0.372 e. The van der Waals surface area contributed by atoms with Crippen LogP contribution in [0.25, 0.3) is 0 Å². The Bertz CT molecular complexity index is 1170. The second-order valence-corrected chi connectivity index (χ2v) is 11.3. The van der Waals surface area contributed by atoms with E-state index in [9.17, 15) is 13.2 Å².